The van der Waals surface area contributed by atoms with Gasteiger partial charge in [-0.3, -0.25) is 9.59 Å². The first-order valence-electron chi connectivity index (χ1n) is 7.78. The van der Waals surface area contributed by atoms with E-state index in [1.54, 1.807) is 14.0 Å². The Hall–Kier alpha value is -2.47. The molecule has 3 rings (SSSR count). The monoisotopic (exact) mass is 341 g/mol. The van der Waals surface area contributed by atoms with Gasteiger partial charge in [-0.1, -0.05) is 25.1 Å². The molecule has 0 fully saturated rings. The van der Waals surface area contributed by atoms with E-state index in [2.05, 4.69) is 17.2 Å². The predicted molar refractivity (Wildman–Crippen MR) is 98.1 cm³/mol. The van der Waals surface area contributed by atoms with E-state index in [0.717, 1.165) is 23.2 Å². The van der Waals surface area contributed by atoms with E-state index in [9.17, 15) is 9.59 Å². The summed E-state index contributed by atoms with van der Waals surface area (Å²) in [6, 6.07) is 5.98. The number of aromatic nitrogens is 2. The SMILES string of the molecule is CCc1cccc(C)c1NC(=O)c1sc2ncn(C)c(=O)c2c1C. The van der Waals surface area contributed by atoms with Crippen LogP contribution in [0.25, 0.3) is 10.2 Å². The number of thiophene rings is 1. The van der Waals surface area contributed by atoms with Crippen molar-refractivity contribution >= 4 is 33.1 Å². The van der Waals surface area contributed by atoms with Gasteiger partial charge in [-0.25, -0.2) is 4.98 Å². The van der Waals surface area contributed by atoms with Gasteiger partial charge in [0.25, 0.3) is 11.5 Å². The average Bonchev–Trinajstić information content (AvgIpc) is 2.90. The molecule has 0 unspecified atom stereocenters. The summed E-state index contributed by atoms with van der Waals surface area (Å²) >= 11 is 1.26. The molecule has 1 amide bonds. The number of amides is 1. The number of nitrogens with one attached hydrogen (secondary N) is 1. The molecule has 5 nitrogen and oxygen atoms in total. The molecule has 0 atom stereocenters. The van der Waals surface area contributed by atoms with E-state index >= 15 is 0 Å². The normalized spacial score (nSPS) is 11.0. The van der Waals surface area contributed by atoms with Crippen LogP contribution in [0.3, 0.4) is 0 Å². The van der Waals surface area contributed by atoms with Crippen molar-refractivity contribution in [3.63, 3.8) is 0 Å². The summed E-state index contributed by atoms with van der Waals surface area (Å²) in [5.41, 5.74) is 3.53. The molecule has 0 bridgehead atoms. The molecule has 0 saturated heterocycles. The zero-order valence-corrected chi connectivity index (χ0v) is 15.0. The van der Waals surface area contributed by atoms with Crippen LogP contribution in [-0.2, 0) is 13.5 Å². The van der Waals surface area contributed by atoms with Crippen molar-refractivity contribution in [2.75, 3.05) is 5.32 Å². The molecule has 0 saturated carbocycles. The number of aryl methyl sites for hydroxylation is 4. The van der Waals surface area contributed by atoms with Crippen molar-refractivity contribution in [1.29, 1.82) is 0 Å². The molecule has 0 aliphatic carbocycles. The standard InChI is InChI=1S/C18H19N3O2S/c1-5-12-8-6-7-10(2)14(12)20-16(22)15-11(3)13-17(24-15)19-9-21(4)18(13)23/h6-9H,5H2,1-4H3,(H,20,22). The van der Waals surface area contributed by atoms with E-state index in [1.807, 2.05) is 25.1 Å². The lowest BCUT2D eigenvalue weighted by molar-refractivity contribution is 0.103. The fourth-order valence-electron chi connectivity index (χ4n) is 2.80. The maximum absolute atomic E-state index is 12.8. The second-order valence-electron chi connectivity index (χ2n) is 5.81. The van der Waals surface area contributed by atoms with Crippen LogP contribution in [0.15, 0.2) is 29.3 Å². The lowest BCUT2D eigenvalue weighted by atomic mass is 10.1. The van der Waals surface area contributed by atoms with Crippen LogP contribution in [0.5, 0.6) is 0 Å². The van der Waals surface area contributed by atoms with Gasteiger partial charge in [0.2, 0.25) is 0 Å². The number of hydrogen-bond donors (Lipinski definition) is 1. The number of carbonyl (C=O) groups excluding carboxylic acids is 1. The topological polar surface area (TPSA) is 64.0 Å². The Bertz CT molecular complexity index is 1000. The number of fused-ring (bicyclic) bond motifs is 1. The third-order valence-corrected chi connectivity index (χ3v) is 5.39. The zero-order chi connectivity index (χ0) is 17.4. The van der Waals surface area contributed by atoms with Gasteiger partial charge < -0.3 is 9.88 Å². The van der Waals surface area contributed by atoms with E-state index in [4.69, 9.17) is 0 Å². The number of carbonyl (C=O) groups is 1. The highest BCUT2D eigenvalue weighted by Crippen LogP contribution is 2.29. The molecule has 6 heteroatoms. The number of benzene rings is 1. The van der Waals surface area contributed by atoms with Crippen molar-refractivity contribution in [1.82, 2.24) is 9.55 Å². The quantitative estimate of drug-likeness (QED) is 0.794. The van der Waals surface area contributed by atoms with E-state index in [0.29, 0.717) is 20.7 Å². The first-order valence-corrected chi connectivity index (χ1v) is 8.60. The number of nitrogens with zero attached hydrogens (tertiary/aromatic N) is 2. The first kappa shape index (κ1) is 16.4. The smallest absolute Gasteiger partial charge is 0.266 e. The molecule has 2 aromatic heterocycles. The van der Waals surface area contributed by atoms with E-state index in [-0.39, 0.29) is 11.5 Å². The molecule has 24 heavy (non-hydrogen) atoms. The minimum absolute atomic E-state index is 0.127. The minimum atomic E-state index is -0.193. The highest BCUT2D eigenvalue weighted by Gasteiger charge is 2.20. The number of para-hydroxylation sites is 1. The minimum Gasteiger partial charge on any atom is -0.321 e. The fraction of sp³-hybridized carbons (Fsp3) is 0.278. The largest absolute Gasteiger partial charge is 0.321 e. The molecule has 0 spiro atoms. The van der Waals surface area contributed by atoms with Gasteiger partial charge in [0.05, 0.1) is 16.6 Å². The maximum Gasteiger partial charge on any atom is 0.266 e. The molecular weight excluding hydrogens is 322 g/mol. The maximum atomic E-state index is 12.8. The summed E-state index contributed by atoms with van der Waals surface area (Å²) in [4.78, 5) is 30.5. The number of anilines is 1. The molecule has 0 radical (unpaired) electrons. The first-order chi connectivity index (χ1) is 11.4. The van der Waals surface area contributed by atoms with Gasteiger partial charge in [-0.05, 0) is 37.0 Å². The molecule has 124 valence electrons. The van der Waals surface area contributed by atoms with Crippen molar-refractivity contribution in [3.05, 3.63) is 56.4 Å². The van der Waals surface area contributed by atoms with Crippen LogP contribution in [0.1, 0.15) is 33.3 Å². The van der Waals surface area contributed by atoms with Gasteiger partial charge in [0.15, 0.2) is 0 Å². The lowest BCUT2D eigenvalue weighted by Gasteiger charge is -2.12. The van der Waals surface area contributed by atoms with Crippen molar-refractivity contribution in [3.8, 4) is 0 Å². The van der Waals surface area contributed by atoms with Crippen LogP contribution in [0, 0.1) is 13.8 Å². The summed E-state index contributed by atoms with van der Waals surface area (Å²) in [5.74, 6) is -0.193. The number of hydrogen-bond acceptors (Lipinski definition) is 4. The number of rotatable bonds is 3. The fourth-order valence-corrected chi connectivity index (χ4v) is 3.83. The summed E-state index contributed by atoms with van der Waals surface area (Å²) in [6.45, 7) is 5.84. The van der Waals surface area contributed by atoms with Gasteiger partial charge in [-0.2, -0.15) is 0 Å². The molecule has 3 aromatic rings. The molecule has 2 heterocycles. The zero-order valence-electron chi connectivity index (χ0n) is 14.1. The Morgan fingerprint density at radius 1 is 1.33 bits per heavy atom. The highest BCUT2D eigenvalue weighted by molar-refractivity contribution is 7.20. The van der Waals surface area contributed by atoms with E-state index < -0.39 is 0 Å². The summed E-state index contributed by atoms with van der Waals surface area (Å²) in [5, 5.41) is 3.54. The Labute approximate surface area is 144 Å². The van der Waals surface area contributed by atoms with Crippen molar-refractivity contribution in [2.45, 2.75) is 27.2 Å². The van der Waals surface area contributed by atoms with Crippen LogP contribution in [0.2, 0.25) is 0 Å². The van der Waals surface area contributed by atoms with Gasteiger partial charge in [0.1, 0.15) is 4.83 Å². The predicted octanol–water partition coefficient (Wildman–Crippen LogP) is 3.43. The second-order valence-corrected chi connectivity index (χ2v) is 6.81. The third-order valence-electron chi connectivity index (χ3n) is 4.20. The van der Waals surface area contributed by atoms with Crippen LogP contribution >= 0.6 is 11.3 Å². The van der Waals surface area contributed by atoms with Crippen molar-refractivity contribution in [2.24, 2.45) is 7.05 Å². The molecule has 0 aliphatic rings. The van der Waals surface area contributed by atoms with Gasteiger partial charge >= 0.3 is 0 Å². The molecule has 1 aromatic carbocycles. The van der Waals surface area contributed by atoms with Crippen LogP contribution in [-0.4, -0.2) is 15.5 Å². The van der Waals surface area contributed by atoms with Gasteiger partial charge in [0, 0.05) is 12.7 Å². The highest BCUT2D eigenvalue weighted by atomic mass is 32.1. The molecular formula is C18H19N3O2S. The Kier molecular flexibility index (Phi) is 4.24. The summed E-state index contributed by atoms with van der Waals surface area (Å²) in [7, 11) is 1.66. The Morgan fingerprint density at radius 2 is 2.08 bits per heavy atom. The summed E-state index contributed by atoms with van der Waals surface area (Å²) in [6.07, 6.45) is 2.32. The van der Waals surface area contributed by atoms with Crippen LogP contribution < -0.4 is 10.9 Å². The average molecular weight is 341 g/mol. The van der Waals surface area contributed by atoms with E-state index in [1.165, 1.54) is 22.2 Å². The van der Waals surface area contributed by atoms with Crippen LogP contribution in [0.4, 0.5) is 5.69 Å². The van der Waals surface area contributed by atoms with Crippen molar-refractivity contribution < 1.29 is 4.79 Å². The Morgan fingerprint density at radius 3 is 2.79 bits per heavy atom. The lowest BCUT2D eigenvalue weighted by Crippen LogP contribution is -2.17. The molecule has 0 aliphatic heterocycles. The second kappa shape index (κ2) is 6.20. The summed E-state index contributed by atoms with van der Waals surface area (Å²) < 4.78 is 1.43. The Balaban J connectivity index is 2.06. The third kappa shape index (κ3) is 2.63. The van der Waals surface area contributed by atoms with Gasteiger partial charge in [-0.15, -0.1) is 11.3 Å². The molecule has 1 N–H and O–H groups in total.